The van der Waals surface area contributed by atoms with Crippen LogP contribution in [0.1, 0.15) is 33.6 Å². The number of nitrogens with zero attached hydrogens (tertiary/aromatic N) is 2. The van der Waals surface area contributed by atoms with E-state index in [4.69, 9.17) is 0 Å². The average molecular weight is 335 g/mol. The Balaban J connectivity index is 1.29. The van der Waals surface area contributed by atoms with Gasteiger partial charge < -0.3 is 5.32 Å². The summed E-state index contributed by atoms with van der Waals surface area (Å²) in [6.07, 6.45) is 5.18. The van der Waals surface area contributed by atoms with Crippen LogP contribution >= 0.6 is 0 Å². The standard InChI is InChI=1S/C21H25N3O/c1-15-5-4-9-22-20(15)21(25)23-13-16-8-10-24(14-16)19-11-17-6-2-3-7-18(17)12-19/h2-7,9,16,19H,8,10-14H2,1H3,(H,23,25)/t16-/m1/s1. The summed E-state index contributed by atoms with van der Waals surface area (Å²) in [5.74, 6) is 0.488. The largest absolute Gasteiger partial charge is 0.350 e. The van der Waals surface area contributed by atoms with Crippen LogP contribution in [0.5, 0.6) is 0 Å². The number of nitrogens with one attached hydrogen (secondary N) is 1. The summed E-state index contributed by atoms with van der Waals surface area (Å²) < 4.78 is 0. The third-order valence-corrected chi connectivity index (χ3v) is 5.64. The van der Waals surface area contributed by atoms with E-state index in [9.17, 15) is 4.79 Å². The monoisotopic (exact) mass is 335 g/mol. The fraction of sp³-hybridized carbons (Fsp3) is 0.429. The van der Waals surface area contributed by atoms with Crippen molar-refractivity contribution in [3.63, 3.8) is 0 Å². The predicted molar refractivity (Wildman–Crippen MR) is 98.6 cm³/mol. The molecule has 25 heavy (non-hydrogen) atoms. The lowest BCUT2D eigenvalue weighted by Crippen LogP contribution is -2.36. The number of carbonyl (C=O) groups is 1. The minimum Gasteiger partial charge on any atom is -0.350 e. The number of benzene rings is 1. The Morgan fingerprint density at radius 3 is 2.68 bits per heavy atom. The maximum Gasteiger partial charge on any atom is 0.270 e. The molecular formula is C21H25N3O. The van der Waals surface area contributed by atoms with E-state index in [1.807, 2.05) is 19.1 Å². The van der Waals surface area contributed by atoms with Crippen molar-refractivity contribution in [3.8, 4) is 0 Å². The number of likely N-dealkylation sites (tertiary alicyclic amines) is 1. The second kappa shape index (κ2) is 6.96. The summed E-state index contributed by atoms with van der Waals surface area (Å²) in [4.78, 5) is 19.1. The zero-order chi connectivity index (χ0) is 17.2. The lowest BCUT2D eigenvalue weighted by atomic mass is 10.1. The molecule has 0 unspecified atom stereocenters. The molecule has 4 rings (SSSR count). The lowest BCUT2D eigenvalue weighted by Gasteiger charge is -2.23. The van der Waals surface area contributed by atoms with Gasteiger partial charge in [0.15, 0.2) is 0 Å². The van der Waals surface area contributed by atoms with E-state index in [-0.39, 0.29) is 5.91 Å². The normalized spacial score (nSPS) is 20.6. The summed E-state index contributed by atoms with van der Waals surface area (Å²) in [7, 11) is 0. The molecule has 0 saturated carbocycles. The summed E-state index contributed by atoms with van der Waals surface area (Å²) in [6.45, 7) is 4.89. The van der Waals surface area contributed by atoms with Crippen molar-refractivity contribution in [3.05, 3.63) is 65.0 Å². The van der Waals surface area contributed by atoms with Gasteiger partial charge in [-0.15, -0.1) is 0 Å². The number of pyridine rings is 1. The molecule has 1 saturated heterocycles. The van der Waals surface area contributed by atoms with Gasteiger partial charge in [0.25, 0.3) is 5.91 Å². The summed E-state index contributed by atoms with van der Waals surface area (Å²) in [6, 6.07) is 13.2. The Kier molecular flexibility index (Phi) is 4.53. The molecule has 0 bridgehead atoms. The van der Waals surface area contributed by atoms with Crippen LogP contribution < -0.4 is 5.32 Å². The predicted octanol–water partition coefficient (Wildman–Crippen LogP) is 2.61. The second-order valence-corrected chi connectivity index (χ2v) is 7.36. The van der Waals surface area contributed by atoms with Crippen LogP contribution in [0.2, 0.25) is 0 Å². The number of hydrogen-bond donors (Lipinski definition) is 1. The van der Waals surface area contributed by atoms with Crippen LogP contribution in [-0.2, 0) is 12.8 Å². The van der Waals surface area contributed by atoms with Crippen LogP contribution in [0.25, 0.3) is 0 Å². The highest BCUT2D eigenvalue weighted by atomic mass is 16.1. The lowest BCUT2D eigenvalue weighted by molar-refractivity contribution is 0.0941. The molecule has 0 spiro atoms. The molecule has 1 amide bonds. The van der Waals surface area contributed by atoms with Gasteiger partial charge in [-0.25, -0.2) is 0 Å². The summed E-state index contributed by atoms with van der Waals surface area (Å²) in [5, 5.41) is 3.08. The molecule has 4 heteroatoms. The molecule has 1 aliphatic heterocycles. The number of aryl methyl sites for hydroxylation is 1. The van der Waals surface area contributed by atoms with Gasteiger partial charge >= 0.3 is 0 Å². The molecule has 2 aromatic rings. The first kappa shape index (κ1) is 16.3. The Morgan fingerprint density at radius 2 is 1.96 bits per heavy atom. The molecule has 130 valence electrons. The van der Waals surface area contributed by atoms with E-state index < -0.39 is 0 Å². The SMILES string of the molecule is Cc1cccnc1C(=O)NC[C@H]1CCN(C2Cc3ccccc3C2)C1. The van der Waals surface area contributed by atoms with Crippen molar-refractivity contribution in [1.82, 2.24) is 15.2 Å². The van der Waals surface area contributed by atoms with E-state index in [1.54, 1.807) is 6.20 Å². The number of hydrogen-bond acceptors (Lipinski definition) is 3. The molecule has 2 heterocycles. The number of aromatic nitrogens is 1. The number of amides is 1. The minimum absolute atomic E-state index is 0.0511. The molecule has 1 atom stereocenters. The molecule has 2 aliphatic rings. The van der Waals surface area contributed by atoms with Gasteiger partial charge in [-0.3, -0.25) is 14.7 Å². The van der Waals surface area contributed by atoms with Gasteiger partial charge in [-0.05, 0) is 61.4 Å². The first-order valence-corrected chi connectivity index (χ1v) is 9.21. The number of fused-ring (bicyclic) bond motifs is 1. The Labute approximate surface area is 149 Å². The smallest absolute Gasteiger partial charge is 0.270 e. The maximum atomic E-state index is 12.3. The second-order valence-electron chi connectivity index (χ2n) is 7.36. The van der Waals surface area contributed by atoms with E-state index in [2.05, 4.69) is 39.5 Å². The van der Waals surface area contributed by atoms with Gasteiger partial charge in [0.2, 0.25) is 0 Å². The first-order chi connectivity index (χ1) is 12.2. The third kappa shape index (κ3) is 3.45. The zero-order valence-corrected chi connectivity index (χ0v) is 14.7. The van der Waals surface area contributed by atoms with Crippen LogP contribution in [0.15, 0.2) is 42.6 Å². The van der Waals surface area contributed by atoms with Crippen molar-refractivity contribution in [2.24, 2.45) is 5.92 Å². The summed E-state index contributed by atoms with van der Waals surface area (Å²) >= 11 is 0. The molecule has 4 nitrogen and oxygen atoms in total. The quantitative estimate of drug-likeness (QED) is 0.934. The van der Waals surface area contributed by atoms with Crippen LogP contribution in [0.3, 0.4) is 0 Å². The molecular weight excluding hydrogens is 310 g/mol. The number of carbonyl (C=O) groups excluding carboxylic acids is 1. The first-order valence-electron chi connectivity index (χ1n) is 9.21. The van der Waals surface area contributed by atoms with Gasteiger partial charge in [-0.1, -0.05) is 30.3 Å². The van der Waals surface area contributed by atoms with Crippen molar-refractivity contribution in [2.75, 3.05) is 19.6 Å². The van der Waals surface area contributed by atoms with Crippen molar-refractivity contribution < 1.29 is 4.79 Å². The summed E-state index contributed by atoms with van der Waals surface area (Å²) in [5.41, 5.74) is 4.49. The van der Waals surface area contributed by atoms with Crippen molar-refractivity contribution >= 4 is 5.91 Å². The van der Waals surface area contributed by atoms with Crippen LogP contribution in [0.4, 0.5) is 0 Å². The third-order valence-electron chi connectivity index (χ3n) is 5.64. The Hall–Kier alpha value is -2.20. The van der Waals surface area contributed by atoms with E-state index in [1.165, 1.54) is 24.0 Å². The highest BCUT2D eigenvalue weighted by Gasteiger charge is 2.32. The molecule has 1 aromatic heterocycles. The van der Waals surface area contributed by atoms with Gasteiger partial charge in [-0.2, -0.15) is 0 Å². The van der Waals surface area contributed by atoms with Gasteiger partial charge in [0.05, 0.1) is 0 Å². The fourth-order valence-electron chi connectivity index (χ4n) is 4.20. The molecule has 0 radical (unpaired) electrons. The number of rotatable bonds is 4. The van der Waals surface area contributed by atoms with Crippen LogP contribution in [-0.4, -0.2) is 41.5 Å². The highest BCUT2D eigenvalue weighted by Crippen LogP contribution is 2.29. The van der Waals surface area contributed by atoms with E-state index in [0.717, 1.165) is 31.6 Å². The Bertz CT molecular complexity index is 748. The minimum atomic E-state index is -0.0511. The van der Waals surface area contributed by atoms with E-state index in [0.29, 0.717) is 17.7 Å². The highest BCUT2D eigenvalue weighted by molar-refractivity contribution is 5.93. The molecule has 1 aromatic carbocycles. The zero-order valence-electron chi connectivity index (χ0n) is 14.7. The van der Waals surface area contributed by atoms with Gasteiger partial charge in [0, 0.05) is 25.3 Å². The fourth-order valence-corrected chi connectivity index (χ4v) is 4.20. The molecule has 1 N–H and O–H groups in total. The van der Waals surface area contributed by atoms with Crippen molar-refractivity contribution in [1.29, 1.82) is 0 Å². The van der Waals surface area contributed by atoms with Gasteiger partial charge in [0.1, 0.15) is 5.69 Å². The maximum absolute atomic E-state index is 12.3. The topological polar surface area (TPSA) is 45.2 Å². The van der Waals surface area contributed by atoms with Crippen LogP contribution in [0, 0.1) is 12.8 Å². The molecule has 1 fully saturated rings. The van der Waals surface area contributed by atoms with E-state index >= 15 is 0 Å². The average Bonchev–Trinajstić information content (AvgIpc) is 3.26. The molecule has 1 aliphatic carbocycles. The van der Waals surface area contributed by atoms with Crippen molar-refractivity contribution in [2.45, 2.75) is 32.2 Å². The Morgan fingerprint density at radius 1 is 1.20 bits per heavy atom.